The summed E-state index contributed by atoms with van der Waals surface area (Å²) < 4.78 is 7.03. The molecule has 1 heteroatoms. The van der Waals surface area contributed by atoms with E-state index in [1.165, 1.54) is 98.7 Å². The SMILES string of the molecule is CC1(C)c2ccccc2-c2ccc3c(oc4c5ccccc5c(-c5cccc(-c6c7ccccc7c(-c7cccc8ccccc78)c7ccccc67)c5)cc34)c21. The molecule has 0 spiro atoms. The molecule has 10 aromatic carbocycles. The standard InChI is InChI=1S/C55H36O/c1-55(2)49-28-12-11-21-38(49)44-29-30-46-48-32-47(37-20-5-10-26-45(37)53(48)56-54(46)52(44)55)34-17-13-18-35(31-34)50-40-22-6-8-24-42(40)51(43-25-9-7-23-41(43)50)39-27-14-16-33-15-3-4-19-36(33)39/h3-32H,1-2H3. The maximum Gasteiger partial charge on any atom is 0.143 e. The molecule has 0 amide bonds. The van der Waals surface area contributed by atoms with E-state index in [1.807, 2.05) is 0 Å². The average molecular weight is 713 g/mol. The minimum Gasteiger partial charge on any atom is -0.455 e. The van der Waals surface area contributed by atoms with Crippen LogP contribution in [-0.4, -0.2) is 0 Å². The molecule has 0 saturated carbocycles. The summed E-state index contributed by atoms with van der Waals surface area (Å²) >= 11 is 0. The lowest BCUT2D eigenvalue weighted by molar-refractivity contribution is 0.621. The fourth-order valence-electron chi connectivity index (χ4n) is 10.2. The first-order valence-corrected chi connectivity index (χ1v) is 19.6. The van der Waals surface area contributed by atoms with Crippen molar-refractivity contribution >= 4 is 65.0 Å². The van der Waals surface area contributed by atoms with Crippen LogP contribution in [0.3, 0.4) is 0 Å². The molecular formula is C55H36O. The van der Waals surface area contributed by atoms with E-state index in [2.05, 4.69) is 196 Å². The molecule has 1 nitrogen and oxygen atoms in total. The first kappa shape index (κ1) is 31.4. The monoisotopic (exact) mass is 712 g/mol. The smallest absolute Gasteiger partial charge is 0.143 e. The van der Waals surface area contributed by atoms with E-state index in [0.717, 1.165) is 21.9 Å². The predicted molar refractivity (Wildman–Crippen MR) is 238 cm³/mol. The molecule has 56 heavy (non-hydrogen) atoms. The third kappa shape index (κ3) is 4.26. The molecule has 11 aromatic rings. The van der Waals surface area contributed by atoms with E-state index >= 15 is 0 Å². The van der Waals surface area contributed by atoms with E-state index < -0.39 is 0 Å². The zero-order chi connectivity index (χ0) is 37.1. The largest absolute Gasteiger partial charge is 0.455 e. The predicted octanol–water partition coefficient (Wildman–Crippen LogP) is 15.5. The molecule has 0 N–H and O–H groups in total. The Morgan fingerprint density at radius 3 is 1.66 bits per heavy atom. The van der Waals surface area contributed by atoms with Crippen LogP contribution in [0.1, 0.15) is 25.0 Å². The number of hydrogen-bond donors (Lipinski definition) is 0. The van der Waals surface area contributed by atoms with E-state index in [9.17, 15) is 0 Å². The fraction of sp³-hybridized carbons (Fsp3) is 0.0545. The summed E-state index contributed by atoms with van der Waals surface area (Å²) in [7, 11) is 0. The fourth-order valence-corrected chi connectivity index (χ4v) is 10.2. The van der Waals surface area contributed by atoms with Gasteiger partial charge in [-0.2, -0.15) is 0 Å². The lowest BCUT2D eigenvalue weighted by atomic mass is 9.81. The highest BCUT2D eigenvalue weighted by molar-refractivity contribution is 6.24. The summed E-state index contributed by atoms with van der Waals surface area (Å²) in [5.41, 5.74) is 14.4. The van der Waals surface area contributed by atoms with Crippen LogP contribution in [0.4, 0.5) is 0 Å². The van der Waals surface area contributed by atoms with Gasteiger partial charge >= 0.3 is 0 Å². The van der Waals surface area contributed by atoms with Crippen LogP contribution < -0.4 is 0 Å². The van der Waals surface area contributed by atoms with Crippen molar-refractivity contribution in [1.29, 1.82) is 0 Å². The molecule has 1 heterocycles. The minimum absolute atomic E-state index is 0.166. The molecule has 1 aliphatic carbocycles. The Hall–Kier alpha value is -6.96. The molecule has 1 aliphatic rings. The van der Waals surface area contributed by atoms with Crippen molar-refractivity contribution < 1.29 is 4.42 Å². The Morgan fingerprint density at radius 2 is 0.893 bits per heavy atom. The molecule has 1 aromatic heterocycles. The Bertz CT molecular complexity index is 3390. The molecule has 0 unspecified atom stereocenters. The van der Waals surface area contributed by atoms with Gasteiger partial charge < -0.3 is 4.42 Å². The quantitative estimate of drug-likeness (QED) is 0.166. The number of fused-ring (bicyclic) bond motifs is 12. The van der Waals surface area contributed by atoms with Crippen LogP contribution in [0, 0.1) is 0 Å². The van der Waals surface area contributed by atoms with Crippen molar-refractivity contribution in [2.45, 2.75) is 19.3 Å². The number of benzene rings is 10. The van der Waals surface area contributed by atoms with E-state index in [-0.39, 0.29) is 5.41 Å². The van der Waals surface area contributed by atoms with Gasteiger partial charge in [0.1, 0.15) is 11.2 Å². The Balaban J connectivity index is 1.11. The highest BCUT2D eigenvalue weighted by atomic mass is 16.3. The molecule has 12 rings (SSSR count). The van der Waals surface area contributed by atoms with Crippen LogP contribution in [0.2, 0.25) is 0 Å². The molecule has 0 bridgehead atoms. The molecule has 0 saturated heterocycles. The Labute approximate surface area is 325 Å². The van der Waals surface area contributed by atoms with Gasteiger partial charge in [0.25, 0.3) is 0 Å². The molecular weight excluding hydrogens is 677 g/mol. The lowest BCUT2D eigenvalue weighted by Gasteiger charge is -2.21. The number of rotatable bonds is 3. The zero-order valence-electron chi connectivity index (χ0n) is 31.2. The van der Waals surface area contributed by atoms with E-state index in [1.54, 1.807) is 0 Å². The normalized spacial score (nSPS) is 13.3. The van der Waals surface area contributed by atoms with Crippen molar-refractivity contribution in [3.8, 4) is 44.5 Å². The third-order valence-electron chi connectivity index (χ3n) is 12.6. The molecule has 0 aliphatic heterocycles. The molecule has 0 atom stereocenters. The van der Waals surface area contributed by atoms with Crippen molar-refractivity contribution in [2.24, 2.45) is 0 Å². The van der Waals surface area contributed by atoms with Gasteiger partial charge in [0.15, 0.2) is 0 Å². The van der Waals surface area contributed by atoms with Gasteiger partial charge in [-0.15, -0.1) is 0 Å². The first-order chi connectivity index (χ1) is 27.6. The highest BCUT2D eigenvalue weighted by Gasteiger charge is 2.38. The van der Waals surface area contributed by atoms with Crippen LogP contribution in [0.15, 0.2) is 186 Å². The van der Waals surface area contributed by atoms with E-state index in [0.29, 0.717) is 0 Å². The second-order valence-electron chi connectivity index (χ2n) is 15.9. The minimum atomic E-state index is -0.166. The summed E-state index contributed by atoms with van der Waals surface area (Å²) in [6.45, 7) is 4.67. The number of furan rings is 1. The van der Waals surface area contributed by atoms with Gasteiger partial charge in [-0.05, 0) is 106 Å². The summed E-state index contributed by atoms with van der Waals surface area (Å²) in [6.07, 6.45) is 0. The first-order valence-electron chi connectivity index (χ1n) is 19.6. The summed E-state index contributed by atoms with van der Waals surface area (Å²) in [5, 5.41) is 12.2. The van der Waals surface area contributed by atoms with Gasteiger partial charge in [0.2, 0.25) is 0 Å². The second kappa shape index (κ2) is 11.5. The van der Waals surface area contributed by atoms with Crippen LogP contribution >= 0.6 is 0 Å². The lowest BCUT2D eigenvalue weighted by Crippen LogP contribution is -2.15. The third-order valence-corrected chi connectivity index (χ3v) is 12.6. The maximum atomic E-state index is 7.03. The van der Waals surface area contributed by atoms with Gasteiger partial charge in [0.05, 0.1) is 0 Å². The van der Waals surface area contributed by atoms with E-state index in [4.69, 9.17) is 4.42 Å². The molecule has 0 radical (unpaired) electrons. The summed E-state index contributed by atoms with van der Waals surface area (Å²) in [4.78, 5) is 0. The van der Waals surface area contributed by atoms with Gasteiger partial charge in [-0.1, -0.05) is 178 Å². The van der Waals surface area contributed by atoms with Gasteiger partial charge in [-0.3, -0.25) is 0 Å². The van der Waals surface area contributed by atoms with Gasteiger partial charge in [-0.25, -0.2) is 0 Å². The van der Waals surface area contributed by atoms with Crippen LogP contribution in [0.25, 0.3) is 110 Å². The van der Waals surface area contributed by atoms with Crippen molar-refractivity contribution in [1.82, 2.24) is 0 Å². The summed E-state index contributed by atoms with van der Waals surface area (Å²) in [5.74, 6) is 0. The van der Waals surface area contributed by atoms with Crippen molar-refractivity contribution in [3.05, 3.63) is 193 Å². The maximum absolute atomic E-state index is 7.03. The average Bonchev–Trinajstić information content (AvgIpc) is 3.74. The number of hydrogen-bond acceptors (Lipinski definition) is 1. The second-order valence-corrected chi connectivity index (χ2v) is 15.9. The van der Waals surface area contributed by atoms with Crippen LogP contribution in [0.5, 0.6) is 0 Å². The Morgan fingerprint density at radius 1 is 0.339 bits per heavy atom. The highest BCUT2D eigenvalue weighted by Crippen LogP contribution is 2.53. The zero-order valence-corrected chi connectivity index (χ0v) is 31.2. The molecule has 262 valence electrons. The Kier molecular flexibility index (Phi) is 6.46. The van der Waals surface area contributed by atoms with Crippen LogP contribution in [-0.2, 0) is 5.41 Å². The van der Waals surface area contributed by atoms with Gasteiger partial charge in [0, 0.05) is 27.1 Å². The van der Waals surface area contributed by atoms with Crippen molar-refractivity contribution in [3.63, 3.8) is 0 Å². The van der Waals surface area contributed by atoms with Crippen molar-refractivity contribution in [2.75, 3.05) is 0 Å². The summed E-state index contributed by atoms with van der Waals surface area (Å²) in [6, 6.07) is 67.1. The topological polar surface area (TPSA) is 13.1 Å². The molecule has 0 fully saturated rings.